The van der Waals surface area contributed by atoms with Gasteiger partial charge in [-0.25, -0.2) is 0 Å². The Labute approximate surface area is 154 Å². The molecule has 0 saturated heterocycles. The van der Waals surface area contributed by atoms with Gasteiger partial charge in [0.2, 0.25) is 0 Å². The second-order valence-corrected chi connectivity index (χ2v) is 7.02. The SMILES string of the molecule is CCCCn1c(Cc2ccc(B(O)O)cc2)cc2cc(C)cc(Cl)c21. The Morgan fingerprint density at radius 1 is 1.08 bits per heavy atom. The van der Waals surface area contributed by atoms with E-state index in [2.05, 4.69) is 30.5 Å². The maximum atomic E-state index is 9.23. The van der Waals surface area contributed by atoms with Crippen LogP contribution in [0.4, 0.5) is 0 Å². The molecule has 0 amide bonds. The molecule has 0 aliphatic rings. The first-order valence-corrected chi connectivity index (χ1v) is 9.10. The minimum Gasteiger partial charge on any atom is -0.423 e. The highest BCUT2D eigenvalue weighted by Crippen LogP contribution is 2.30. The van der Waals surface area contributed by atoms with Crippen molar-refractivity contribution in [3.05, 3.63) is 64.3 Å². The maximum absolute atomic E-state index is 9.23. The minimum absolute atomic E-state index is 0.508. The Bertz CT molecular complexity index is 872. The Hall–Kier alpha value is -1.75. The van der Waals surface area contributed by atoms with E-state index in [4.69, 9.17) is 11.6 Å². The summed E-state index contributed by atoms with van der Waals surface area (Å²) in [5.74, 6) is 0. The normalized spacial score (nSPS) is 11.2. The first-order valence-electron chi connectivity index (χ1n) is 8.73. The Morgan fingerprint density at radius 2 is 1.80 bits per heavy atom. The van der Waals surface area contributed by atoms with Gasteiger partial charge >= 0.3 is 7.12 Å². The summed E-state index contributed by atoms with van der Waals surface area (Å²) in [4.78, 5) is 0. The molecular formula is C20H23BClNO2. The average Bonchev–Trinajstić information content (AvgIpc) is 2.90. The number of hydrogen-bond acceptors (Lipinski definition) is 2. The molecule has 0 aliphatic carbocycles. The fraction of sp³-hybridized carbons (Fsp3) is 0.300. The molecule has 0 bridgehead atoms. The Kier molecular flexibility index (Phi) is 5.53. The molecule has 0 saturated carbocycles. The minimum atomic E-state index is -1.42. The van der Waals surface area contributed by atoms with Crippen LogP contribution in [0, 0.1) is 6.92 Å². The van der Waals surface area contributed by atoms with Crippen molar-refractivity contribution in [2.75, 3.05) is 0 Å². The lowest BCUT2D eigenvalue weighted by molar-refractivity contribution is 0.426. The third-order valence-electron chi connectivity index (χ3n) is 4.57. The van der Waals surface area contributed by atoms with Crippen molar-refractivity contribution in [2.45, 2.75) is 39.7 Å². The highest BCUT2D eigenvalue weighted by Gasteiger charge is 2.14. The molecule has 0 spiro atoms. The number of benzene rings is 2. The molecule has 5 heteroatoms. The van der Waals surface area contributed by atoms with Crippen LogP contribution in [0.2, 0.25) is 5.02 Å². The van der Waals surface area contributed by atoms with Gasteiger partial charge in [-0.1, -0.05) is 49.2 Å². The summed E-state index contributed by atoms with van der Waals surface area (Å²) in [6.07, 6.45) is 3.03. The van der Waals surface area contributed by atoms with Crippen molar-refractivity contribution in [3.63, 3.8) is 0 Å². The van der Waals surface area contributed by atoms with Crippen molar-refractivity contribution < 1.29 is 10.0 Å². The van der Waals surface area contributed by atoms with E-state index in [1.807, 2.05) is 18.2 Å². The highest BCUT2D eigenvalue weighted by atomic mass is 35.5. The zero-order valence-corrected chi connectivity index (χ0v) is 15.4. The van der Waals surface area contributed by atoms with E-state index >= 15 is 0 Å². The van der Waals surface area contributed by atoms with E-state index in [0.29, 0.717) is 5.46 Å². The monoisotopic (exact) mass is 355 g/mol. The van der Waals surface area contributed by atoms with Crippen molar-refractivity contribution in [1.29, 1.82) is 0 Å². The van der Waals surface area contributed by atoms with Gasteiger partial charge in [0.25, 0.3) is 0 Å². The third-order valence-corrected chi connectivity index (χ3v) is 4.86. The van der Waals surface area contributed by atoms with E-state index < -0.39 is 7.12 Å². The summed E-state index contributed by atoms with van der Waals surface area (Å²) in [5.41, 5.74) is 5.15. The van der Waals surface area contributed by atoms with Gasteiger partial charge in [-0.3, -0.25) is 0 Å². The maximum Gasteiger partial charge on any atom is 0.488 e. The summed E-state index contributed by atoms with van der Waals surface area (Å²) in [7, 11) is -1.42. The lowest BCUT2D eigenvalue weighted by Gasteiger charge is -2.12. The number of aryl methyl sites for hydroxylation is 2. The molecule has 2 N–H and O–H groups in total. The number of halogens is 1. The molecule has 2 aromatic carbocycles. The molecule has 1 aromatic heterocycles. The predicted octanol–water partition coefficient (Wildman–Crippen LogP) is 3.67. The average molecular weight is 356 g/mol. The summed E-state index contributed by atoms with van der Waals surface area (Å²) in [6, 6.07) is 13.8. The van der Waals surface area contributed by atoms with E-state index in [9.17, 15) is 10.0 Å². The van der Waals surface area contributed by atoms with Crippen LogP contribution >= 0.6 is 11.6 Å². The number of fused-ring (bicyclic) bond motifs is 1. The van der Waals surface area contributed by atoms with Gasteiger partial charge < -0.3 is 14.6 Å². The van der Waals surface area contributed by atoms with Crippen molar-refractivity contribution in [1.82, 2.24) is 4.57 Å². The van der Waals surface area contributed by atoms with Crippen LogP contribution in [0.5, 0.6) is 0 Å². The van der Waals surface area contributed by atoms with Gasteiger partial charge in [0.1, 0.15) is 0 Å². The van der Waals surface area contributed by atoms with Crippen LogP contribution in [-0.4, -0.2) is 21.7 Å². The lowest BCUT2D eigenvalue weighted by atomic mass is 9.80. The summed E-state index contributed by atoms with van der Waals surface area (Å²) < 4.78 is 2.33. The molecule has 1 heterocycles. The van der Waals surface area contributed by atoms with E-state index in [0.717, 1.165) is 47.5 Å². The van der Waals surface area contributed by atoms with Gasteiger partial charge in [0.15, 0.2) is 0 Å². The fourth-order valence-corrected chi connectivity index (χ4v) is 3.68. The summed E-state index contributed by atoms with van der Waals surface area (Å²) in [5, 5.41) is 20.4. The van der Waals surface area contributed by atoms with Gasteiger partial charge in [-0.05, 0) is 48.1 Å². The molecule has 130 valence electrons. The smallest absolute Gasteiger partial charge is 0.423 e. The van der Waals surface area contributed by atoms with Gasteiger partial charge in [0, 0.05) is 24.0 Å². The largest absolute Gasteiger partial charge is 0.488 e. The quantitative estimate of drug-likeness (QED) is 0.663. The van der Waals surface area contributed by atoms with Gasteiger partial charge in [-0.2, -0.15) is 0 Å². The second kappa shape index (κ2) is 7.65. The summed E-state index contributed by atoms with van der Waals surface area (Å²) in [6.45, 7) is 5.20. The molecule has 0 fully saturated rings. The number of aromatic nitrogens is 1. The van der Waals surface area contributed by atoms with Crippen molar-refractivity contribution in [2.24, 2.45) is 0 Å². The van der Waals surface area contributed by atoms with Crippen LogP contribution in [0.3, 0.4) is 0 Å². The Balaban J connectivity index is 2.00. The van der Waals surface area contributed by atoms with Crippen LogP contribution in [0.15, 0.2) is 42.5 Å². The molecule has 0 radical (unpaired) electrons. The van der Waals surface area contributed by atoms with Crippen molar-refractivity contribution in [3.8, 4) is 0 Å². The topological polar surface area (TPSA) is 45.4 Å². The van der Waals surface area contributed by atoms with Crippen molar-refractivity contribution >= 4 is 35.1 Å². The zero-order chi connectivity index (χ0) is 18.0. The Morgan fingerprint density at radius 3 is 2.44 bits per heavy atom. The molecule has 0 aliphatic heterocycles. The van der Waals surface area contributed by atoms with Crippen LogP contribution in [-0.2, 0) is 13.0 Å². The molecule has 3 aromatic rings. The highest BCUT2D eigenvalue weighted by molar-refractivity contribution is 6.58. The summed E-state index contributed by atoms with van der Waals surface area (Å²) >= 11 is 6.54. The van der Waals surface area contributed by atoms with Gasteiger partial charge in [-0.15, -0.1) is 0 Å². The van der Waals surface area contributed by atoms with E-state index in [1.165, 1.54) is 11.1 Å². The fourth-order valence-electron chi connectivity index (χ4n) is 3.29. The molecule has 25 heavy (non-hydrogen) atoms. The van der Waals surface area contributed by atoms with E-state index in [-0.39, 0.29) is 0 Å². The second-order valence-electron chi connectivity index (χ2n) is 6.62. The standard InChI is InChI=1S/C20H23BClNO2/c1-3-4-9-23-18(12-15-5-7-17(8-6-15)21(24)25)13-16-10-14(2)11-19(22)20(16)23/h5-8,10-11,13,24-25H,3-4,9,12H2,1-2H3. The van der Waals surface area contributed by atoms with Crippen LogP contribution < -0.4 is 5.46 Å². The van der Waals surface area contributed by atoms with Crippen LogP contribution in [0.25, 0.3) is 10.9 Å². The number of hydrogen-bond donors (Lipinski definition) is 2. The lowest BCUT2D eigenvalue weighted by Crippen LogP contribution is -2.29. The predicted molar refractivity (Wildman–Crippen MR) is 106 cm³/mol. The first-order chi connectivity index (χ1) is 12.0. The number of unbranched alkanes of at least 4 members (excludes halogenated alkanes) is 1. The van der Waals surface area contributed by atoms with Gasteiger partial charge in [0.05, 0.1) is 10.5 Å². The third kappa shape index (κ3) is 3.92. The molecule has 3 nitrogen and oxygen atoms in total. The number of rotatable bonds is 6. The zero-order valence-electron chi connectivity index (χ0n) is 14.7. The molecule has 0 unspecified atom stereocenters. The molecular weight excluding hydrogens is 332 g/mol. The molecule has 0 atom stereocenters. The first kappa shape index (κ1) is 18.1. The molecule has 3 rings (SSSR count). The van der Waals surface area contributed by atoms with E-state index in [1.54, 1.807) is 12.1 Å². The number of nitrogens with zero attached hydrogens (tertiary/aromatic N) is 1. The van der Waals surface area contributed by atoms with Crippen LogP contribution in [0.1, 0.15) is 36.6 Å².